The highest BCUT2D eigenvalue weighted by atomic mass is 35.5. The topological polar surface area (TPSA) is 34.9 Å². The van der Waals surface area contributed by atoms with Crippen molar-refractivity contribution in [3.63, 3.8) is 0 Å². The highest BCUT2D eigenvalue weighted by molar-refractivity contribution is 6.32. The fourth-order valence-electron chi connectivity index (χ4n) is 0.813. The van der Waals surface area contributed by atoms with Crippen LogP contribution in [-0.2, 0) is 6.30 Å². The van der Waals surface area contributed by atoms with Crippen LogP contribution < -0.4 is 0 Å². The third kappa shape index (κ3) is 1.67. The van der Waals surface area contributed by atoms with Crippen LogP contribution in [-0.4, -0.2) is 16.1 Å². The zero-order valence-electron chi connectivity index (χ0n) is 6.39. The minimum absolute atomic E-state index is 0.0441. The Morgan fingerprint density at radius 3 is 2.31 bits per heavy atom. The Bertz CT molecular complexity index is 344. The second-order valence-corrected chi connectivity index (χ2v) is 2.65. The van der Waals surface area contributed by atoms with Crippen molar-refractivity contribution < 1.29 is 18.0 Å². The Balaban J connectivity index is 3.34. The molecule has 0 aromatic carbocycles. The van der Waals surface area contributed by atoms with E-state index in [1.54, 1.807) is 0 Å². The lowest BCUT2D eigenvalue weighted by molar-refractivity contribution is -0.212. The minimum atomic E-state index is -4.69. The van der Waals surface area contributed by atoms with Gasteiger partial charge in [-0.05, 0) is 6.92 Å². The number of hydrogen-bond acceptors (Lipinski definition) is 2. The van der Waals surface area contributed by atoms with Gasteiger partial charge in [-0.25, -0.2) is 0 Å². The first-order chi connectivity index (χ1) is 5.88. The summed E-state index contributed by atoms with van der Waals surface area (Å²) in [5.41, 5.74) is -0.281. The third-order valence-electron chi connectivity index (χ3n) is 1.41. The molecule has 0 amide bonds. The summed E-state index contributed by atoms with van der Waals surface area (Å²) in [6, 6.07) is 0. The van der Waals surface area contributed by atoms with Crippen LogP contribution in [0.15, 0.2) is 0 Å². The van der Waals surface area contributed by atoms with E-state index in [0.717, 1.165) is 0 Å². The molecule has 13 heavy (non-hydrogen) atoms. The molecule has 0 fully saturated rings. The first-order valence-corrected chi connectivity index (χ1v) is 3.53. The molecule has 7 heteroatoms. The Hall–Kier alpha value is -1.04. The number of rotatable bonds is 1. The van der Waals surface area contributed by atoms with Crippen LogP contribution in [0.3, 0.4) is 0 Å². The SMILES string of the molecule is Cc1nn(C(F)(F)F)c(Cl)c1C=O. The van der Waals surface area contributed by atoms with Gasteiger partial charge in [-0.1, -0.05) is 11.6 Å². The van der Waals surface area contributed by atoms with Gasteiger partial charge in [0.2, 0.25) is 0 Å². The first-order valence-electron chi connectivity index (χ1n) is 3.15. The fraction of sp³-hybridized carbons (Fsp3) is 0.333. The molecule has 1 rings (SSSR count). The number of aldehydes is 1. The van der Waals surface area contributed by atoms with Crippen LogP contribution in [0.5, 0.6) is 0 Å². The van der Waals surface area contributed by atoms with Crippen LogP contribution >= 0.6 is 11.6 Å². The molecule has 0 saturated carbocycles. The van der Waals surface area contributed by atoms with Gasteiger partial charge in [0.25, 0.3) is 0 Å². The van der Waals surface area contributed by atoms with Crippen LogP contribution in [0.2, 0.25) is 5.15 Å². The number of hydrogen-bond donors (Lipinski definition) is 0. The van der Waals surface area contributed by atoms with Crippen molar-refractivity contribution in [1.29, 1.82) is 0 Å². The van der Waals surface area contributed by atoms with Gasteiger partial charge in [0.15, 0.2) is 6.29 Å². The molecule has 0 aliphatic carbocycles. The summed E-state index contributed by atoms with van der Waals surface area (Å²) in [7, 11) is 0. The molecule has 0 unspecified atom stereocenters. The minimum Gasteiger partial charge on any atom is -0.298 e. The van der Waals surface area contributed by atoms with E-state index >= 15 is 0 Å². The van der Waals surface area contributed by atoms with Gasteiger partial charge in [-0.3, -0.25) is 4.79 Å². The van der Waals surface area contributed by atoms with Gasteiger partial charge < -0.3 is 0 Å². The zero-order valence-corrected chi connectivity index (χ0v) is 7.15. The molecule has 72 valence electrons. The van der Waals surface area contributed by atoms with Gasteiger partial charge in [0.1, 0.15) is 5.15 Å². The third-order valence-corrected chi connectivity index (χ3v) is 1.77. The van der Waals surface area contributed by atoms with E-state index in [4.69, 9.17) is 11.6 Å². The Morgan fingerprint density at radius 2 is 2.08 bits per heavy atom. The molecule has 0 N–H and O–H groups in total. The van der Waals surface area contributed by atoms with Gasteiger partial charge in [-0.15, -0.1) is 13.2 Å². The lowest BCUT2D eigenvalue weighted by Gasteiger charge is -2.05. The summed E-state index contributed by atoms with van der Waals surface area (Å²) in [5, 5.41) is 2.37. The Morgan fingerprint density at radius 1 is 1.54 bits per heavy atom. The number of carbonyl (C=O) groups is 1. The first kappa shape index (κ1) is 10.0. The number of aromatic nitrogens is 2. The summed E-state index contributed by atoms with van der Waals surface area (Å²) in [4.78, 5) is 10.3. The van der Waals surface area contributed by atoms with Crippen LogP contribution in [0.1, 0.15) is 16.1 Å². The average molecular weight is 213 g/mol. The van der Waals surface area contributed by atoms with E-state index in [9.17, 15) is 18.0 Å². The number of nitrogens with zero attached hydrogens (tertiary/aromatic N) is 2. The van der Waals surface area contributed by atoms with Crippen molar-refractivity contribution in [2.75, 3.05) is 0 Å². The van der Waals surface area contributed by atoms with Crippen molar-refractivity contribution in [2.24, 2.45) is 0 Å². The van der Waals surface area contributed by atoms with Crippen LogP contribution in [0.25, 0.3) is 0 Å². The normalized spacial score (nSPS) is 11.8. The molecule has 1 aromatic rings. The fourth-order valence-corrected chi connectivity index (χ4v) is 1.13. The molecule has 0 radical (unpaired) electrons. The van der Waals surface area contributed by atoms with Crippen molar-refractivity contribution in [3.8, 4) is 0 Å². The molecule has 0 saturated heterocycles. The van der Waals surface area contributed by atoms with Gasteiger partial charge >= 0.3 is 6.30 Å². The van der Waals surface area contributed by atoms with E-state index in [1.165, 1.54) is 6.92 Å². The molecule has 0 atom stereocenters. The van der Waals surface area contributed by atoms with Crippen molar-refractivity contribution in [1.82, 2.24) is 9.78 Å². The van der Waals surface area contributed by atoms with Gasteiger partial charge in [0.05, 0.1) is 11.3 Å². The van der Waals surface area contributed by atoms with Crippen LogP contribution in [0, 0.1) is 6.92 Å². The Labute approximate surface area is 76.1 Å². The molecule has 0 bridgehead atoms. The highest BCUT2D eigenvalue weighted by Gasteiger charge is 2.35. The van der Waals surface area contributed by atoms with E-state index in [1.807, 2.05) is 0 Å². The quantitative estimate of drug-likeness (QED) is 0.669. The molecular formula is C6H4ClF3N2O. The van der Waals surface area contributed by atoms with E-state index in [0.29, 0.717) is 0 Å². The monoisotopic (exact) mass is 212 g/mol. The zero-order chi connectivity index (χ0) is 10.2. The van der Waals surface area contributed by atoms with Crippen molar-refractivity contribution in [3.05, 3.63) is 16.4 Å². The predicted molar refractivity (Wildman–Crippen MR) is 38.7 cm³/mol. The highest BCUT2D eigenvalue weighted by Crippen LogP contribution is 2.28. The maximum Gasteiger partial charge on any atom is 0.505 e. The standard InChI is InChI=1S/C6H4ClF3N2O/c1-3-4(2-13)5(7)12(11-3)6(8,9)10/h2H,1H3. The van der Waals surface area contributed by atoms with Crippen molar-refractivity contribution >= 4 is 17.9 Å². The van der Waals surface area contributed by atoms with Crippen molar-refractivity contribution in [2.45, 2.75) is 13.2 Å². The summed E-state index contributed by atoms with van der Waals surface area (Å²) in [6.45, 7) is 1.28. The van der Waals surface area contributed by atoms with E-state index in [-0.39, 0.29) is 22.2 Å². The van der Waals surface area contributed by atoms with Gasteiger partial charge in [0, 0.05) is 0 Å². The molecular weight excluding hydrogens is 209 g/mol. The number of carbonyl (C=O) groups excluding carboxylic acids is 1. The summed E-state index contributed by atoms with van der Waals surface area (Å²) >= 11 is 5.26. The Kier molecular flexibility index (Phi) is 2.34. The lowest BCUT2D eigenvalue weighted by Crippen LogP contribution is -2.18. The van der Waals surface area contributed by atoms with E-state index < -0.39 is 11.5 Å². The van der Waals surface area contributed by atoms with E-state index in [2.05, 4.69) is 5.10 Å². The summed E-state index contributed by atoms with van der Waals surface area (Å²) in [6.07, 6.45) is -4.45. The molecule has 3 nitrogen and oxygen atoms in total. The molecule has 1 heterocycles. The van der Waals surface area contributed by atoms with Crippen LogP contribution in [0.4, 0.5) is 13.2 Å². The smallest absolute Gasteiger partial charge is 0.298 e. The summed E-state index contributed by atoms with van der Waals surface area (Å²) in [5.74, 6) is 0. The maximum atomic E-state index is 12.1. The number of aryl methyl sites for hydroxylation is 1. The average Bonchev–Trinajstić information content (AvgIpc) is 2.25. The predicted octanol–water partition coefficient (Wildman–Crippen LogP) is 2.13. The molecule has 0 aliphatic rings. The largest absolute Gasteiger partial charge is 0.505 e. The molecule has 0 spiro atoms. The second-order valence-electron chi connectivity index (χ2n) is 2.29. The maximum absolute atomic E-state index is 12.1. The number of halogens is 4. The summed E-state index contributed by atoms with van der Waals surface area (Å²) < 4.78 is 35.9. The number of alkyl halides is 3. The van der Waals surface area contributed by atoms with Gasteiger partial charge in [-0.2, -0.15) is 9.78 Å². The second kappa shape index (κ2) is 3.02. The molecule has 0 aliphatic heterocycles. The molecule has 1 aromatic heterocycles. The lowest BCUT2D eigenvalue weighted by atomic mass is 10.3.